The van der Waals surface area contributed by atoms with E-state index in [0.29, 0.717) is 41.4 Å². The number of hydrogen-bond acceptors (Lipinski definition) is 5. The molecule has 5 rings (SSSR count). The molecule has 0 amide bonds. The van der Waals surface area contributed by atoms with E-state index in [-0.39, 0.29) is 23.2 Å². The third-order valence-electron chi connectivity index (χ3n) is 5.84. The van der Waals surface area contributed by atoms with E-state index in [1.807, 2.05) is 0 Å². The number of halogens is 2. The average Bonchev–Trinajstić information content (AvgIpc) is 2.80. The normalized spacial score (nSPS) is 14.5. The van der Waals surface area contributed by atoms with Crippen LogP contribution in [0.1, 0.15) is 18.4 Å². The summed E-state index contributed by atoms with van der Waals surface area (Å²) < 4.78 is 35.2. The number of nitrogens with one attached hydrogen (secondary N) is 1. The van der Waals surface area contributed by atoms with Gasteiger partial charge < -0.3 is 10.1 Å². The van der Waals surface area contributed by atoms with Gasteiger partial charge in [-0.05, 0) is 61.7 Å². The molecule has 8 heteroatoms. The number of aromatic nitrogens is 3. The molecule has 2 aromatic heterocycles. The molecule has 2 aromatic carbocycles. The molecule has 0 spiro atoms. The molecule has 168 valence electrons. The highest BCUT2D eigenvalue weighted by Crippen LogP contribution is 2.31. The van der Waals surface area contributed by atoms with Crippen molar-refractivity contribution in [3.63, 3.8) is 0 Å². The topological polar surface area (TPSA) is 69.0 Å². The lowest BCUT2D eigenvalue weighted by Gasteiger charge is -2.24. The molecule has 1 aliphatic rings. The Balaban J connectivity index is 1.78. The molecule has 0 radical (unpaired) electrons. The number of rotatable bonds is 4. The van der Waals surface area contributed by atoms with Crippen LogP contribution in [-0.4, -0.2) is 33.8 Å². The van der Waals surface area contributed by atoms with Crippen molar-refractivity contribution in [3.8, 4) is 16.9 Å². The minimum atomic E-state index is -0.538. The molecule has 33 heavy (non-hydrogen) atoms. The molecule has 0 unspecified atom stereocenters. The fourth-order valence-electron chi connectivity index (χ4n) is 4.17. The summed E-state index contributed by atoms with van der Waals surface area (Å²) in [4.78, 5) is 22.3. The maximum absolute atomic E-state index is 14.7. The van der Waals surface area contributed by atoms with E-state index in [1.54, 1.807) is 31.2 Å². The van der Waals surface area contributed by atoms with Crippen LogP contribution in [0.15, 0.2) is 59.4 Å². The maximum Gasteiger partial charge on any atom is 0.256 e. The van der Waals surface area contributed by atoms with Gasteiger partial charge in [-0.3, -0.25) is 9.36 Å². The highest BCUT2D eigenvalue weighted by atomic mass is 19.1. The summed E-state index contributed by atoms with van der Waals surface area (Å²) in [5, 5.41) is 3.90. The summed E-state index contributed by atoms with van der Waals surface area (Å²) in [6.45, 7) is 3.06. The van der Waals surface area contributed by atoms with Crippen LogP contribution >= 0.6 is 0 Å². The minimum Gasteiger partial charge on any atom is -0.381 e. The van der Waals surface area contributed by atoms with Gasteiger partial charge in [-0.2, -0.15) is 4.98 Å². The standard InChI is InChI=1S/C25H22F2N4O2/c1-15-14-16(26)6-7-18(15)23-19-8-9-22(32)31(21-5-3-2-4-20(21)27)24(19)30-25(29-23)28-17-10-12-33-13-11-17/h2-9,14,17H,10-13H2,1H3,(H,28,29,30). The molecule has 4 aromatic rings. The largest absolute Gasteiger partial charge is 0.381 e. The van der Waals surface area contributed by atoms with E-state index >= 15 is 0 Å². The van der Waals surface area contributed by atoms with Gasteiger partial charge >= 0.3 is 0 Å². The van der Waals surface area contributed by atoms with Crippen LogP contribution in [0, 0.1) is 18.6 Å². The number of para-hydroxylation sites is 1. The zero-order valence-electron chi connectivity index (χ0n) is 18.0. The smallest absolute Gasteiger partial charge is 0.256 e. The molecule has 1 aliphatic heterocycles. The minimum absolute atomic E-state index is 0.102. The lowest BCUT2D eigenvalue weighted by molar-refractivity contribution is 0.0903. The molecule has 1 saturated heterocycles. The van der Waals surface area contributed by atoms with Crippen molar-refractivity contribution < 1.29 is 13.5 Å². The molecular weight excluding hydrogens is 426 g/mol. The predicted octanol–water partition coefficient (Wildman–Crippen LogP) is 4.63. The van der Waals surface area contributed by atoms with Crippen LogP contribution < -0.4 is 10.9 Å². The fraction of sp³-hybridized carbons (Fsp3) is 0.240. The first-order valence-corrected chi connectivity index (χ1v) is 10.8. The molecule has 6 nitrogen and oxygen atoms in total. The SMILES string of the molecule is Cc1cc(F)ccc1-c1nc(NC2CCOCC2)nc2c1ccc(=O)n2-c1ccccc1F. The van der Waals surface area contributed by atoms with E-state index in [2.05, 4.69) is 10.3 Å². The first kappa shape index (κ1) is 21.2. The molecule has 0 atom stereocenters. The van der Waals surface area contributed by atoms with Crippen molar-refractivity contribution >= 4 is 17.0 Å². The second-order valence-electron chi connectivity index (χ2n) is 8.08. The van der Waals surface area contributed by atoms with Gasteiger partial charge in [0.15, 0.2) is 5.65 Å². The van der Waals surface area contributed by atoms with E-state index in [1.165, 1.54) is 34.9 Å². The summed E-state index contributed by atoms with van der Waals surface area (Å²) in [5.41, 5.74) is 1.90. The predicted molar refractivity (Wildman–Crippen MR) is 123 cm³/mol. The van der Waals surface area contributed by atoms with Gasteiger partial charge in [-0.15, -0.1) is 0 Å². The van der Waals surface area contributed by atoms with Crippen LogP contribution in [0.4, 0.5) is 14.7 Å². The molecule has 3 heterocycles. The lowest BCUT2D eigenvalue weighted by Crippen LogP contribution is -2.29. The Hall–Kier alpha value is -3.65. The lowest BCUT2D eigenvalue weighted by atomic mass is 10.0. The summed E-state index contributed by atoms with van der Waals surface area (Å²) in [5.74, 6) is -0.564. The number of pyridine rings is 1. The van der Waals surface area contributed by atoms with Gasteiger partial charge in [0.2, 0.25) is 5.95 Å². The zero-order valence-corrected chi connectivity index (χ0v) is 18.0. The summed E-state index contributed by atoms with van der Waals surface area (Å²) in [6.07, 6.45) is 1.59. The average molecular weight is 448 g/mol. The molecule has 1 fully saturated rings. The molecule has 1 N–H and O–H groups in total. The van der Waals surface area contributed by atoms with E-state index in [0.717, 1.165) is 12.8 Å². The Bertz CT molecular complexity index is 1400. The van der Waals surface area contributed by atoms with E-state index in [9.17, 15) is 13.6 Å². The second-order valence-corrected chi connectivity index (χ2v) is 8.08. The Morgan fingerprint density at radius 2 is 1.82 bits per heavy atom. The van der Waals surface area contributed by atoms with Gasteiger partial charge in [0.25, 0.3) is 5.56 Å². The number of fused-ring (bicyclic) bond motifs is 1. The molecular formula is C25H22F2N4O2. The molecule has 0 bridgehead atoms. The Morgan fingerprint density at radius 3 is 2.58 bits per heavy atom. The Kier molecular flexibility index (Phi) is 5.60. The second kappa shape index (κ2) is 8.71. The van der Waals surface area contributed by atoms with Gasteiger partial charge in [-0.1, -0.05) is 12.1 Å². The number of hydrogen-bond donors (Lipinski definition) is 1. The van der Waals surface area contributed by atoms with Crippen LogP contribution in [-0.2, 0) is 4.74 Å². The van der Waals surface area contributed by atoms with E-state index in [4.69, 9.17) is 9.72 Å². The maximum atomic E-state index is 14.7. The molecule has 0 aliphatic carbocycles. The van der Waals surface area contributed by atoms with Crippen molar-refractivity contribution in [2.45, 2.75) is 25.8 Å². The zero-order chi connectivity index (χ0) is 22.9. The summed E-state index contributed by atoms with van der Waals surface area (Å²) in [6, 6.07) is 13.6. The number of nitrogens with zero attached hydrogens (tertiary/aromatic N) is 3. The fourth-order valence-corrected chi connectivity index (χ4v) is 4.17. The van der Waals surface area contributed by atoms with Crippen molar-refractivity contribution in [2.24, 2.45) is 0 Å². The number of ether oxygens (including phenoxy) is 1. The van der Waals surface area contributed by atoms with Gasteiger partial charge in [0, 0.05) is 36.3 Å². The number of aryl methyl sites for hydroxylation is 1. The van der Waals surface area contributed by atoms with Crippen LogP contribution in [0.2, 0.25) is 0 Å². The summed E-state index contributed by atoms with van der Waals surface area (Å²) in [7, 11) is 0. The van der Waals surface area contributed by atoms with Gasteiger partial charge in [-0.25, -0.2) is 13.8 Å². The van der Waals surface area contributed by atoms with Crippen molar-refractivity contribution in [1.29, 1.82) is 0 Å². The van der Waals surface area contributed by atoms with Crippen molar-refractivity contribution in [2.75, 3.05) is 18.5 Å². The Labute approximate surface area is 188 Å². The van der Waals surface area contributed by atoms with Gasteiger partial charge in [0.05, 0.1) is 11.4 Å². The molecule has 0 saturated carbocycles. The third kappa shape index (κ3) is 4.09. The first-order valence-electron chi connectivity index (χ1n) is 10.8. The number of anilines is 1. The first-order chi connectivity index (χ1) is 16.0. The van der Waals surface area contributed by atoms with Crippen molar-refractivity contribution in [3.05, 3.63) is 82.1 Å². The van der Waals surface area contributed by atoms with Crippen LogP contribution in [0.25, 0.3) is 28.0 Å². The monoisotopic (exact) mass is 448 g/mol. The Morgan fingerprint density at radius 1 is 1.03 bits per heavy atom. The van der Waals surface area contributed by atoms with E-state index < -0.39 is 11.4 Å². The van der Waals surface area contributed by atoms with Crippen molar-refractivity contribution in [1.82, 2.24) is 14.5 Å². The summed E-state index contributed by atoms with van der Waals surface area (Å²) >= 11 is 0. The number of benzene rings is 2. The highest BCUT2D eigenvalue weighted by Gasteiger charge is 2.20. The quantitative estimate of drug-likeness (QED) is 0.493. The highest BCUT2D eigenvalue weighted by molar-refractivity contribution is 5.93. The third-order valence-corrected chi connectivity index (χ3v) is 5.84. The van der Waals surface area contributed by atoms with Crippen LogP contribution in [0.5, 0.6) is 0 Å². The van der Waals surface area contributed by atoms with Gasteiger partial charge in [0.1, 0.15) is 11.6 Å². The van der Waals surface area contributed by atoms with Crippen LogP contribution in [0.3, 0.4) is 0 Å².